The molecule has 0 saturated carbocycles. The third-order valence-corrected chi connectivity index (χ3v) is 8.61. The highest BCUT2D eigenvalue weighted by Gasteiger charge is 2.27. The molecule has 1 aliphatic heterocycles. The van der Waals surface area contributed by atoms with Crippen molar-refractivity contribution in [2.45, 2.75) is 67.5 Å². The van der Waals surface area contributed by atoms with Gasteiger partial charge in [-0.2, -0.15) is 0 Å². The van der Waals surface area contributed by atoms with Crippen LogP contribution in [-0.2, 0) is 6.42 Å². The lowest BCUT2D eigenvalue weighted by Gasteiger charge is -2.27. The summed E-state index contributed by atoms with van der Waals surface area (Å²) < 4.78 is 0. The summed E-state index contributed by atoms with van der Waals surface area (Å²) in [5.41, 5.74) is 19.2. The number of aromatic nitrogens is 2. The molecule has 0 fully saturated rings. The van der Waals surface area contributed by atoms with E-state index in [0.29, 0.717) is 6.71 Å². The summed E-state index contributed by atoms with van der Waals surface area (Å²) in [5, 5.41) is 0. The maximum Gasteiger partial charge on any atom is 0.184 e. The average Bonchev–Trinajstić information content (AvgIpc) is 2.92. The van der Waals surface area contributed by atoms with Gasteiger partial charge in [0.1, 0.15) is 7.85 Å². The second kappa shape index (κ2) is 13.4. The van der Waals surface area contributed by atoms with Crippen LogP contribution in [0.3, 0.4) is 0 Å². The van der Waals surface area contributed by atoms with Gasteiger partial charge in [0.2, 0.25) is 0 Å². The first-order valence-corrected chi connectivity index (χ1v) is 15.0. The van der Waals surface area contributed by atoms with Crippen LogP contribution >= 0.6 is 0 Å². The van der Waals surface area contributed by atoms with Gasteiger partial charge in [-0.25, -0.2) is 0 Å². The molecule has 0 saturated heterocycles. The fraction of sp³-hybridized carbons (Fsp3) is 0.263. The summed E-state index contributed by atoms with van der Waals surface area (Å²) in [6.45, 7) is 24.6. The number of fused-ring (bicyclic) bond motifs is 1. The fourth-order valence-corrected chi connectivity index (χ4v) is 6.83. The molecule has 4 heteroatoms. The summed E-state index contributed by atoms with van der Waals surface area (Å²) in [6, 6.07) is 10.8. The fourth-order valence-electron chi connectivity index (χ4n) is 6.83. The van der Waals surface area contributed by atoms with Crippen LogP contribution in [0.15, 0.2) is 119 Å². The van der Waals surface area contributed by atoms with Crippen molar-refractivity contribution >= 4 is 25.6 Å². The van der Waals surface area contributed by atoms with E-state index >= 15 is 0 Å². The molecule has 1 aromatic carbocycles. The summed E-state index contributed by atoms with van der Waals surface area (Å²) in [6.07, 6.45) is 15.0. The zero-order valence-electron chi connectivity index (χ0n) is 26.9. The summed E-state index contributed by atoms with van der Waals surface area (Å²) >= 11 is 0. The maximum atomic E-state index is 4.56. The molecule has 0 unspecified atom stereocenters. The van der Waals surface area contributed by atoms with Crippen LogP contribution in [0.2, 0.25) is 12.6 Å². The van der Waals surface area contributed by atoms with Gasteiger partial charge in [0.25, 0.3) is 0 Å². The Morgan fingerprint density at radius 2 is 1.71 bits per heavy atom. The van der Waals surface area contributed by atoms with Crippen LogP contribution in [0, 0.1) is 13.8 Å². The Morgan fingerprint density at radius 3 is 2.33 bits per heavy atom. The summed E-state index contributed by atoms with van der Waals surface area (Å²) in [7, 11) is 2.22. The van der Waals surface area contributed by atoms with Crippen molar-refractivity contribution < 1.29 is 0 Å². The molecule has 0 N–H and O–H groups in total. The number of rotatable bonds is 6. The average molecular weight is 550 g/mol. The molecule has 0 amide bonds. The van der Waals surface area contributed by atoms with Crippen molar-refractivity contribution in [1.82, 2.24) is 9.97 Å². The van der Waals surface area contributed by atoms with Gasteiger partial charge in [-0.3, -0.25) is 9.97 Å². The molecule has 3 aromatic rings. The summed E-state index contributed by atoms with van der Waals surface area (Å²) in [4.78, 5) is 8.94. The van der Waals surface area contributed by atoms with Crippen molar-refractivity contribution in [3.63, 3.8) is 0 Å². The molecule has 212 valence electrons. The van der Waals surface area contributed by atoms with Crippen LogP contribution in [0.1, 0.15) is 56.9 Å². The number of hydrogen-bond acceptors (Lipinski definition) is 2. The molecule has 0 radical (unpaired) electrons. The molecule has 0 atom stereocenters. The molecule has 4 rings (SSSR count). The zero-order valence-corrected chi connectivity index (χ0v) is 26.9. The largest absolute Gasteiger partial charge is 0.264 e. The van der Waals surface area contributed by atoms with Crippen LogP contribution in [0.4, 0.5) is 0 Å². The van der Waals surface area contributed by atoms with E-state index in [9.17, 15) is 0 Å². The van der Waals surface area contributed by atoms with Gasteiger partial charge in [-0.15, -0.1) is 0 Å². The number of pyridine rings is 2. The van der Waals surface area contributed by atoms with Gasteiger partial charge < -0.3 is 0 Å². The van der Waals surface area contributed by atoms with Crippen molar-refractivity contribution in [1.29, 1.82) is 0 Å². The lowest BCUT2D eigenvalue weighted by Crippen LogP contribution is -2.37. The summed E-state index contributed by atoms with van der Waals surface area (Å²) in [5.74, 6) is 0. The standard InChI is InChI=1S/C38H44B2N2/c1-24(2)16-26(4)35(32-12-10-14-41-22-32)30(8)21-40-20-25(3)17-28(6)37(39)29(7)19-34-18-27(5)36(31(9)38(34)40)33-13-11-15-42-23-33/h10-18,22-23H,1,7,19-21,39H2,2-6,8-9H3/b25-17-,26-16-,35-30+,37-28+. The lowest BCUT2D eigenvalue weighted by molar-refractivity contribution is 1.16. The van der Waals surface area contributed by atoms with Gasteiger partial charge in [0.15, 0.2) is 6.71 Å². The molecule has 3 heterocycles. The Morgan fingerprint density at radius 1 is 1.02 bits per heavy atom. The smallest absolute Gasteiger partial charge is 0.184 e. The minimum Gasteiger partial charge on any atom is -0.264 e. The van der Waals surface area contributed by atoms with Crippen LogP contribution in [0.5, 0.6) is 0 Å². The zero-order chi connectivity index (χ0) is 30.6. The Kier molecular flexibility index (Phi) is 9.89. The highest BCUT2D eigenvalue weighted by atomic mass is 14.6. The predicted octanol–water partition coefficient (Wildman–Crippen LogP) is 8.42. The molecule has 2 nitrogen and oxygen atoms in total. The number of nitrogens with zero attached hydrogens (tertiary/aromatic N) is 2. The SMILES string of the molecule is B/C1=C(C)/C=C(/C)CB(C/C(C)=C(\C(C)=C/C(=C)C)c2cccnc2)c2c(cc(C)c(-c3cccnc3)c2C)CC1=C. The highest BCUT2D eigenvalue weighted by Crippen LogP contribution is 2.34. The molecular formula is C38H44B2N2. The van der Waals surface area contributed by atoms with E-state index in [2.05, 4.69) is 110 Å². The van der Waals surface area contributed by atoms with Crippen molar-refractivity contribution in [3.05, 3.63) is 142 Å². The van der Waals surface area contributed by atoms with E-state index in [0.717, 1.165) is 30.2 Å². The topological polar surface area (TPSA) is 25.8 Å². The third kappa shape index (κ3) is 6.93. The minimum atomic E-state index is 0.301. The van der Waals surface area contributed by atoms with Crippen molar-refractivity contribution in [2.24, 2.45) is 0 Å². The van der Waals surface area contributed by atoms with Gasteiger partial charge in [0.05, 0.1) is 0 Å². The number of allylic oxidation sites excluding steroid dienone is 10. The first kappa shape index (κ1) is 31.0. The van der Waals surface area contributed by atoms with E-state index in [1.165, 1.54) is 72.2 Å². The lowest BCUT2D eigenvalue weighted by atomic mass is 9.36. The second-order valence-corrected chi connectivity index (χ2v) is 12.3. The number of benzene rings is 1. The molecule has 42 heavy (non-hydrogen) atoms. The normalized spacial score (nSPS) is 18.2. The van der Waals surface area contributed by atoms with Gasteiger partial charge in [-0.1, -0.05) is 82.3 Å². The maximum absolute atomic E-state index is 4.56. The van der Waals surface area contributed by atoms with Crippen LogP contribution < -0.4 is 5.46 Å². The molecule has 0 aliphatic carbocycles. The molecule has 0 bridgehead atoms. The molecule has 0 spiro atoms. The number of aryl methyl sites for hydroxylation is 1. The Balaban J connectivity index is 2.00. The first-order chi connectivity index (χ1) is 20.0. The third-order valence-electron chi connectivity index (χ3n) is 8.61. The van der Waals surface area contributed by atoms with Crippen molar-refractivity contribution in [2.75, 3.05) is 0 Å². The Bertz CT molecular complexity index is 1640. The van der Waals surface area contributed by atoms with E-state index in [-0.39, 0.29) is 0 Å². The Hall–Kier alpha value is -3.91. The highest BCUT2D eigenvalue weighted by molar-refractivity contribution is 6.75. The van der Waals surface area contributed by atoms with Crippen LogP contribution in [-0.4, -0.2) is 24.5 Å². The van der Waals surface area contributed by atoms with Crippen molar-refractivity contribution in [3.8, 4) is 11.1 Å². The number of hydrogen-bond donors (Lipinski definition) is 0. The van der Waals surface area contributed by atoms with E-state index < -0.39 is 0 Å². The predicted molar refractivity (Wildman–Crippen MR) is 187 cm³/mol. The minimum absolute atomic E-state index is 0.301. The molecule has 1 aliphatic rings. The first-order valence-electron chi connectivity index (χ1n) is 15.0. The second-order valence-electron chi connectivity index (χ2n) is 12.3. The molecule has 2 aromatic heterocycles. The van der Waals surface area contributed by atoms with E-state index in [1.807, 2.05) is 36.9 Å². The monoisotopic (exact) mass is 550 g/mol. The van der Waals surface area contributed by atoms with Crippen LogP contribution in [0.25, 0.3) is 16.7 Å². The quantitative estimate of drug-likeness (QED) is 0.228. The van der Waals surface area contributed by atoms with E-state index in [4.69, 9.17) is 0 Å². The van der Waals surface area contributed by atoms with E-state index in [1.54, 1.807) is 0 Å². The molecular weight excluding hydrogens is 506 g/mol. The van der Waals surface area contributed by atoms with Gasteiger partial charge in [0, 0.05) is 35.9 Å². The van der Waals surface area contributed by atoms with Gasteiger partial charge >= 0.3 is 0 Å². The Labute approximate surface area is 255 Å². The van der Waals surface area contributed by atoms with Gasteiger partial charge in [-0.05, 0) is 113 Å².